The lowest BCUT2D eigenvalue weighted by molar-refractivity contribution is -0.138. The Morgan fingerprint density at radius 3 is 2.62 bits per heavy atom. The third-order valence-electron chi connectivity index (χ3n) is 4.79. The molecule has 0 amide bonds. The average Bonchev–Trinajstić information content (AvgIpc) is 3.02. The molecular formula is C22H18N2O2. The number of ether oxygens (including phenoxy) is 1. The zero-order valence-corrected chi connectivity index (χ0v) is 14.5. The van der Waals surface area contributed by atoms with Crippen LogP contribution in [0.25, 0.3) is 16.5 Å². The van der Waals surface area contributed by atoms with Gasteiger partial charge in [-0.25, -0.2) is 4.79 Å². The van der Waals surface area contributed by atoms with Crippen LogP contribution in [-0.2, 0) is 16.1 Å². The predicted molar refractivity (Wildman–Crippen MR) is 100 cm³/mol. The average molecular weight is 342 g/mol. The molecule has 1 aliphatic rings. The van der Waals surface area contributed by atoms with Crippen LogP contribution < -0.4 is 0 Å². The minimum absolute atomic E-state index is 0.299. The number of rotatable bonds is 3. The van der Waals surface area contributed by atoms with Gasteiger partial charge < -0.3 is 9.30 Å². The number of nitrogens with zero attached hydrogens (tertiary/aromatic N) is 2. The highest BCUT2D eigenvalue weighted by Gasteiger charge is 2.30. The van der Waals surface area contributed by atoms with Gasteiger partial charge in [0.05, 0.1) is 17.9 Å². The number of carbonyl (C=O) groups excluding carboxylic acids is 1. The molecule has 0 saturated heterocycles. The smallest absolute Gasteiger partial charge is 0.334 e. The molecule has 0 saturated carbocycles. The van der Waals surface area contributed by atoms with Gasteiger partial charge in [0.2, 0.25) is 0 Å². The molecule has 0 bridgehead atoms. The first-order valence-corrected chi connectivity index (χ1v) is 8.73. The van der Waals surface area contributed by atoms with Crippen LogP contribution in [0, 0.1) is 11.3 Å². The Hall–Kier alpha value is -3.32. The maximum Gasteiger partial charge on any atom is 0.334 e. The van der Waals surface area contributed by atoms with Crippen molar-refractivity contribution in [2.75, 3.05) is 6.61 Å². The lowest BCUT2D eigenvalue weighted by Crippen LogP contribution is -2.19. The normalized spacial score (nSPS) is 13.4. The summed E-state index contributed by atoms with van der Waals surface area (Å²) in [6.07, 6.45) is 0.583. The highest BCUT2D eigenvalue weighted by atomic mass is 16.5. The summed E-state index contributed by atoms with van der Waals surface area (Å²) in [6.45, 7) is 2.79. The lowest BCUT2D eigenvalue weighted by Gasteiger charge is -2.23. The molecular weight excluding hydrogens is 324 g/mol. The molecule has 2 aromatic carbocycles. The summed E-state index contributed by atoms with van der Waals surface area (Å²) in [6, 6.07) is 20.0. The van der Waals surface area contributed by atoms with Crippen molar-refractivity contribution in [1.82, 2.24) is 4.57 Å². The zero-order valence-electron chi connectivity index (χ0n) is 14.5. The van der Waals surface area contributed by atoms with Crippen LogP contribution in [0.3, 0.4) is 0 Å². The molecule has 4 heteroatoms. The Bertz CT molecular complexity index is 1070. The molecule has 3 aromatic rings. The third-order valence-corrected chi connectivity index (χ3v) is 4.79. The fourth-order valence-electron chi connectivity index (χ4n) is 3.74. The van der Waals surface area contributed by atoms with Gasteiger partial charge in [-0.2, -0.15) is 5.26 Å². The number of hydrogen-bond acceptors (Lipinski definition) is 3. The summed E-state index contributed by atoms with van der Waals surface area (Å²) in [5.41, 5.74) is 4.83. The van der Waals surface area contributed by atoms with Gasteiger partial charge in [-0.05, 0) is 25.0 Å². The fourth-order valence-corrected chi connectivity index (χ4v) is 3.74. The minimum Gasteiger partial charge on any atom is -0.463 e. The number of fused-ring (bicyclic) bond motifs is 3. The SMILES string of the molecule is CCOC(=O)C1=C(c2ccccc2)c2c(C#N)c3ccccc3n2CC1. The Morgan fingerprint density at radius 1 is 1.15 bits per heavy atom. The highest BCUT2D eigenvalue weighted by molar-refractivity contribution is 6.05. The molecule has 0 unspecified atom stereocenters. The lowest BCUT2D eigenvalue weighted by atomic mass is 9.90. The van der Waals surface area contributed by atoms with Gasteiger partial charge in [0, 0.05) is 28.6 Å². The van der Waals surface area contributed by atoms with Crippen LogP contribution in [0.2, 0.25) is 0 Å². The fraction of sp³-hybridized carbons (Fsp3) is 0.182. The molecule has 1 aromatic heterocycles. The van der Waals surface area contributed by atoms with E-state index in [9.17, 15) is 10.1 Å². The second kappa shape index (κ2) is 6.53. The van der Waals surface area contributed by atoms with Crippen LogP contribution >= 0.6 is 0 Å². The molecule has 0 radical (unpaired) electrons. The van der Waals surface area contributed by atoms with Gasteiger partial charge in [0.1, 0.15) is 6.07 Å². The highest BCUT2D eigenvalue weighted by Crippen LogP contribution is 2.40. The molecule has 128 valence electrons. The standard InChI is InChI=1S/C22H18N2O2/c1-2-26-22(25)17-12-13-24-19-11-7-6-10-16(19)18(14-23)21(24)20(17)15-8-4-3-5-9-15/h3-11H,2,12-13H2,1H3. The number of para-hydroxylation sites is 1. The first kappa shape index (κ1) is 16.2. The first-order valence-electron chi connectivity index (χ1n) is 8.73. The Morgan fingerprint density at radius 2 is 1.88 bits per heavy atom. The predicted octanol–water partition coefficient (Wildman–Crippen LogP) is 4.28. The van der Waals surface area contributed by atoms with Crippen LogP contribution in [0.1, 0.15) is 30.2 Å². The second-order valence-corrected chi connectivity index (χ2v) is 6.19. The molecule has 0 N–H and O–H groups in total. The summed E-state index contributed by atoms with van der Waals surface area (Å²) in [7, 11) is 0. The van der Waals surface area contributed by atoms with E-state index >= 15 is 0 Å². The third kappa shape index (κ3) is 2.41. The van der Waals surface area contributed by atoms with Crippen LogP contribution in [-0.4, -0.2) is 17.1 Å². The van der Waals surface area contributed by atoms with Crippen molar-refractivity contribution in [3.63, 3.8) is 0 Å². The van der Waals surface area contributed by atoms with Gasteiger partial charge in [0.25, 0.3) is 0 Å². The van der Waals surface area contributed by atoms with Gasteiger partial charge in [-0.3, -0.25) is 0 Å². The Balaban J connectivity index is 2.08. The van der Waals surface area contributed by atoms with Crippen LogP contribution in [0.5, 0.6) is 0 Å². The number of carbonyl (C=O) groups is 1. The molecule has 0 atom stereocenters. The summed E-state index contributed by atoms with van der Waals surface area (Å²) < 4.78 is 7.46. The number of nitriles is 1. The zero-order chi connectivity index (χ0) is 18.1. The van der Waals surface area contributed by atoms with E-state index in [1.165, 1.54) is 0 Å². The van der Waals surface area contributed by atoms with Crippen molar-refractivity contribution in [3.8, 4) is 6.07 Å². The van der Waals surface area contributed by atoms with E-state index in [4.69, 9.17) is 4.74 Å². The van der Waals surface area contributed by atoms with Gasteiger partial charge in [0.15, 0.2) is 0 Å². The van der Waals surface area contributed by atoms with Gasteiger partial charge in [-0.15, -0.1) is 0 Å². The molecule has 0 aliphatic carbocycles. The van der Waals surface area contributed by atoms with E-state index in [-0.39, 0.29) is 5.97 Å². The molecule has 4 nitrogen and oxygen atoms in total. The summed E-state index contributed by atoms with van der Waals surface area (Å²) in [4.78, 5) is 12.6. The van der Waals surface area contributed by atoms with E-state index in [1.54, 1.807) is 6.92 Å². The Kier molecular flexibility index (Phi) is 4.06. The number of hydrogen-bond donors (Lipinski definition) is 0. The van der Waals surface area contributed by atoms with Crippen molar-refractivity contribution in [2.24, 2.45) is 0 Å². The summed E-state index contributed by atoms with van der Waals surface area (Å²) in [5, 5.41) is 10.8. The Labute approximate surface area is 151 Å². The summed E-state index contributed by atoms with van der Waals surface area (Å²) >= 11 is 0. The van der Waals surface area contributed by atoms with E-state index in [2.05, 4.69) is 10.6 Å². The molecule has 0 fully saturated rings. The first-order chi connectivity index (χ1) is 12.8. The van der Waals surface area contributed by atoms with Crippen molar-refractivity contribution >= 4 is 22.4 Å². The van der Waals surface area contributed by atoms with Crippen molar-refractivity contribution < 1.29 is 9.53 Å². The van der Waals surface area contributed by atoms with E-state index in [0.717, 1.165) is 27.7 Å². The van der Waals surface area contributed by atoms with Gasteiger partial charge in [-0.1, -0.05) is 48.5 Å². The number of aromatic nitrogens is 1. The van der Waals surface area contributed by atoms with E-state index in [1.807, 2.05) is 54.6 Å². The topological polar surface area (TPSA) is 55.0 Å². The maximum absolute atomic E-state index is 12.6. The van der Waals surface area contributed by atoms with Crippen molar-refractivity contribution in [1.29, 1.82) is 5.26 Å². The molecule has 4 rings (SSSR count). The molecule has 1 aliphatic heterocycles. The van der Waals surface area contributed by atoms with Crippen molar-refractivity contribution in [2.45, 2.75) is 19.9 Å². The quantitative estimate of drug-likeness (QED) is 0.668. The molecule has 2 heterocycles. The van der Waals surface area contributed by atoms with E-state index in [0.29, 0.717) is 30.7 Å². The number of benzene rings is 2. The van der Waals surface area contributed by atoms with Crippen molar-refractivity contribution in [3.05, 3.63) is 77.0 Å². The second-order valence-electron chi connectivity index (χ2n) is 6.19. The number of aryl methyl sites for hydroxylation is 1. The molecule has 26 heavy (non-hydrogen) atoms. The molecule has 0 spiro atoms. The minimum atomic E-state index is -0.299. The largest absolute Gasteiger partial charge is 0.463 e. The number of esters is 1. The van der Waals surface area contributed by atoms with Crippen LogP contribution in [0.4, 0.5) is 0 Å². The maximum atomic E-state index is 12.6. The van der Waals surface area contributed by atoms with Crippen LogP contribution in [0.15, 0.2) is 60.2 Å². The summed E-state index contributed by atoms with van der Waals surface area (Å²) in [5.74, 6) is -0.299. The van der Waals surface area contributed by atoms with E-state index < -0.39 is 0 Å². The van der Waals surface area contributed by atoms with Gasteiger partial charge >= 0.3 is 5.97 Å². The monoisotopic (exact) mass is 342 g/mol.